The van der Waals surface area contributed by atoms with E-state index in [1.807, 2.05) is 6.07 Å². The van der Waals surface area contributed by atoms with E-state index in [4.69, 9.17) is 34.8 Å². The normalized spacial score (nSPS) is 10.9. The van der Waals surface area contributed by atoms with E-state index >= 15 is 0 Å². The largest absolute Gasteiger partial charge is 0.505 e. The minimum atomic E-state index is -0.370. The monoisotopic (exact) mass is 354 g/mol. The van der Waals surface area contributed by atoms with Crippen molar-refractivity contribution in [2.75, 3.05) is 5.32 Å². The van der Waals surface area contributed by atoms with E-state index in [2.05, 4.69) is 10.3 Å². The van der Waals surface area contributed by atoms with Crippen molar-refractivity contribution in [2.24, 2.45) is 0 Å². The van der Waals surface area contributed by atoms with Crippen LogP contribution in [0, 0.1) is 0 Å². The van der Waals surface area contributed by atoms with Gasteiger partial charge in [0.15, 0.2) is 5.75 Å². The van der Waals surface area contributed by atoms with Gasteiger partial charge in [0.05, 0.1) is 20.6 Å². The number of halogens is 3. The molecule has 1 amide bonds. The molecular weight excluding hydrogens is 347 g/mol. The Hall–Kier alpha value is -1.88. The van der Waals surface area contributed by atoms with Crippen molar-refractivity contribution in [3.05, 3.63) is 57.2 Å². The topological polar surface area (TPSA) is 65.1 Å². The third kappa shape index (κ3) is 2.73. The lowest BCUT2D eigenvalue weighted by molar-refractivity contribution is 0.102. The van der Waals surface area contributed by atoms with Gasteiger partial charge in [-0.05, 0) is 24.3 Å². The smallest absolute Gasteiger partial charge is 0.272 e. The van der Waals surface area contributed by atoms with E-state index in [1.54, 1.807) is 18.2 Å². The summed E-state index contributed by atoms with van der Waals surface area (Å²) < 4.78 is 0. The third-order valence-corrected chi connectivity index (χ3v) is 4.02. The van der Waals surface area contributed by atoms with E-state index in [9.17, 15) is 9.90 Å². The first-order chi connectivity index (χ1) is 10.5. The van der Waals surface area contributed by atoms with Crippen LogP contribution in [0.1, 0.15) is 10.5 Å². The fourth-order valence-corrected chi connectivity index (χ4v) is 2.79. The molecule has 3 rings (SSSR count). The second kappa shape index (κ2) is 5.72. The number of amides is 1. The highest BCUT2D eigenvalue weighted by atomic mass is 35.5. The van der Waals surface area contributed by atoms with E-state index < -0.39 is 0 Å². The highest BCUT2D eigenvalue weighted by Crippen LogP contribution is 2.34. The molecule has 0 atom stereocenters. The van der Waals surface area contributed by atoms with Gasteiger partial charge in [-0.1, -0.05) is 46.9 Å². The van der Waals surface area contributed by atoms with Gasteiger partial charge >= 0.3 is 0 Å². The molecule has 1 aromatic heterocycles. The minimum Gasteiger partial charge on any atom is -0.505 e. The van der Waals surface area contributed by atoms with E-state index in [0.29, 0.717) is 21.9 Å². The molecule has 0 spiro atoms. The van der Waals surface area contributed by atoms with Crippen LogP contribution < -0.4 is 5.32 Å². The highest BCUT2D eigenvalue weighted by molar-refractivity contribution is 6.37. The first-order valence-corrected chi connectivity index (χ1v) is 7.35. The van der Waals surface area contributed by atoms with Crippen molar-refractivity contribution in [1.82, 2.24) is 4.98 Å². The van der Waals surface area contributed by atoms with Crippen molar-refractivity contribution in [1.29, 1.82) is 0 Å². The van der Waals surface area contributed by atoms with Crippen molar-refractivity contribution >= 4 is 57.3 Å². The molecule has 0 radical (unpaired) electrons. The molecule has 0 saturated heterocycles. The maximum Gasteiger partial charge on any atom is 0.272 e. The molecule has 0 unspecified atom stereocenters. The van der Waals surface area contributed by atoms with Gasteiger partial charge in [0.2, 0.25) is 0 Å². The van der Waals surface area contributed by atoms with Crippen molar-refractivity contribution < 1.29 is 9.90 Å². The number of rotatable bonds is 2. The van der Waals surface area contributed by atoms with E-state index in [-0.39, 0.29) is 21.7 Å². The number of phenolic OH excluding ortho intramolecular Hbond substituents is 1. The van der Waals surface area contributed by atoms with Crippen molar-refractivity contribution in [3.8, 4) is 5.75 Å². The van der Waals surface area contributed by atoms with Crippen LogP contribution in [0.25, 0.3) is 10.9 Å². The van der Waals surface area contributed by atoms with E-state index in [0.717, 1.165) is 5.39 Å². The molecule has 3 aromatic rings. The van der Waals surface area contributed by atoms with Crippen LogP contribution in [0.3, 0.4) is 0 Å². The number of aromatic hydroxyl groups is 1. The first-order valence-electron chi connectivity index (χ1n) is 6.22. The number of benzene rings is 2. The lowest BCUT2D eigenvalue weighted by atomic mass is 10.2. The predicted molar refractivity (Wildman–Crippen MR) is 89.4 cm³/mol. The molecule has 0 aliphatic heterocycles. The Balaban J connectivity index is 1.92. The number of carbonyl (C=O) groups is 1. The number of phenols is 1. The number of carbonyl (C=O) groups excluding carboxylic acids is 1. The molecule has 0 bridgehead atoms. The SMILES string of the molecule is O=C(Nc1cc(Cl)c(O)c(Cl)c1)c1cc2cccc(Cl)c2[nH]1. The number of H-pyrrole nitrogens is 1. The average molecular weight is 356 g/mol. The molecule has 0 aliphatic carbocycles. The Morgan fingerprint density at radius 3 is 2.36 bits per heavy atom. The zero-order chi connectivity index (χ0) is 15.9. The van der Waals surface area contributed by atoms with Crippen LogP contribution in [-0.2, 0) is 0 Å². The predicted octanol–water partition coefficient (Wildman–Crippen LogP) is 5.09. The highest BCUT2D eigenvalue weighted by Gasteiger charge is 2.13. The molecule has 3 N–H and O–H groups in total. The summed E-state index contributed by atoms with van der Waals surface area (Å²) in [5, 5.41) is 13.6. The number of hydrogen-bond acceptors (Lipinski definition) is 2. The van der Waals surface area contributed by atoms with Gasteiger partial charge in [-0.3, -0.25) is 4.79 Å². The molecule has 0 fully saturated rings. The third-order valence-electron chi connectivity index (χ3n) is 3.12. The Bertz CT molecular complexity index is 867. The summed E-state index contributed by atoms with van der Waals surface area (Å²) in [6, 6.07) is 9.91. The molecule has 22 heavy (non-hydrogen) atoms. The number of hydrogen-bond donors (Lipinski definition) is 3. The fourth-order valence-electron chi connectivity index (χ4n) is 2.08. The zero-order valence-corrected chi connectivity index (χ0v) is 13.2. The molecule has 7 heteroatoms. The second-order valence-electron chi connectivity index (χ2n) is 4.63. The van der Waals surface area contributed by atoms with Crippen LogP contribution in [0.15, 0.2) is 36.4 Å². The molecule has 0 saturated carbocycles. The summed E-state index contributed by atoms with van der Waals surface area (Å²) in [6.45, 7) is 0. The van der Waals surface area contributed by atoms with Gasteiger partial charge in [-0.2, -0.15) is 0 Å². The molecular formula is C15H9Cl3N2O2. The quantitative estimate of drug-likeness (QED) is 0.561. The van der Waals surface area contributed by atoms with Crippen LogP contribution in [-0.4, -0.2) is 16.0 Å². The number of anilines is 1. The second-order valence-corrected chi connectivity index (χ2v) is 5.85. The van der Waals surface area contributed by atoms with Gasteiger partial charge < -0.3 is 15.4 Å². The van der Waals surface area contributed by atoms with Crippen LogP contribution in [0.4, 0.5) is 5.69 Å². The summed E-state index contributed by atoms with van der Waals surface area (Å²) in [7, 11) is 0. The maximum absolute atomic E-state index is 12.3. The molecule has 112 valence electrons. The van der Waals surface area contributed by atoms with Crippen molar-refractivity contribution in [3.63, 3.8) is 0 Å². The van der Waals surface area contributed by atoms with Crippen LogP contribution in [0.5, 0.6) is 5.75 Å². The van der Waals surface area contributed by atoms with Gasteiger partial charge in [0.25, 0.3) is 5.91 Å². The first kappa shape index (κ1) is 15.0. The number of aromatic amines is 1. The molecule has 2 aromatic carbocycles. The van der Waals surface area contributed by atoms with E-state index in [1.165, 1.54) is 12.1 Å². The zero-order valence-electron chi connectivity index (χ0n) is 11.0. The lowest BCUT2D eigenvalue weighted by Crippen LogP contribution is -2.12. The molecule has 4 nitrogen and oxygen atoms in total. The fraction of sp³-hybridized carbons (Fsp3) is 0. The summed E-state index contributed by atoms with van der Waals surface area (Å²) in [6.07, 6.45) is 0. The Morgan fingerprint density at radius 2 is 1.73 bits per heavy atom. The van der Waals surface area contributed by atoms with Gasteiger partial charge in [-0.15, -0.1) is 0 Å². The summed E-state index contributed by atoms with van der Waals surface area (Å²) >= 11 is 17.7. The number of nitrogens with one attached hydrogen (secondary N) is 2. The number of para-hydroxylation sites is 1. The number of fused-ring (bicyclic) bond motifs is 1. The van der Waals surface area contributed by atoms with Crippen LogP contribution in [0.2, 0.25) is 15.1 Å². The lowest BCUT2D eigenvalue weighted by Gasteiger charge is -2.07. The Labute approximate surface area is 140 Å². The van der Waals surface area contributed by atoms with Gasteiger partial charge in [0.1, 0.15) is 5.69 Å². The molecule has 0 aliphatic rings. The molecule has 1 heterocycles. The summed E-state index contributed by atoms with van der Waals surface area (Å²) in [5.74, 6) is -0.594. The summed E-state index contributed by atoms with van der Waals surface area (Å²) in [5.41, 5.74) is 1.42. The Morgan fingerprint density at radius 1 is 1.05 bits per heavy atom. The average Bonchev–Trinajstić information content (AvgIpc) is 2.90. The van der Waals surface area contributed by atoms with Crippen LogP contribution >= 0.6 is 34.8 Å². The minimum absolute atomic E-state index is 0.0579. The van der Waals surface area contributed by atoms with Gasteiger partial charge in [-0.25, -0.2) is 0 Å². The Kier molecular flexibility index (Phi) is 3.91. The van der Waals surface area contributed by atoms with Crippen molar-refractivity contribution in [2.45, 2.75) is 0 Å². The van der Waals surface area contributed by atoms with Gasteiger partial charge in [0, 0.05) is 11.1 Å². The standard InChI is InChI=1S/C15H9Cl3N2O2/c16-9-3-1-2-7-4-12(20-13(7)9)15(22)19-8-5-10(17)14(21)11(18)6-8/h1-6,20-21H,(H,19,22). The summed E-state index contributed by atoms with van der Waals surface area (Å²) in [4.78, 5) is 15.2. The maximum atomic E-state index is 12.3. The number of aromatic nitrogens is 1.